The molecule has 0 unspecified atom stereocenters. The number of likely N-dealkylation sites (tertiary alicyclic amines) is 1. The van der Waals surface area contributed by atoms with Crippen molar-refractivity contribution >= 4 is 23.9 Å². The fourth-order valence-electron chi connectivity index (χ4n) is 2.87. The van der Waals surface area contributed by atoms with E-state index in [1.807, 2.05) is 18.2 Å². The summed E-state index contributed by atoms with van der Waals surface area (Å²) < 4.78 is 5.33. The Morgan fingerprint density at radius 2 is 1.69 bits per heavy atom. The molecule has 0 spiro atoms. The van der Waals surface area contributed by atoms with E-state index >= 15 is 0 Å². The van der Waals surface area contributed by atoms with Gasteiger partial charge in [0.25, 0.3) is 5.91 Å². The standard InChI is InChI=1S/C20H26N2O4/c1-15(19(24)22-12-8-3-4-9-13-22)26-20(25)18(21-16(2)23)14-17-10-6-5-7-11-17/h5-7,10-11,14-15H,3-4,8-9,12-13H2,1-2H3,(H,21,23)/b18-14-/t15-/m0/s1. The van der Waals surface area contributed by atoms with Crippen LogP contribution in [0.15, 0.2) is 36.0 Å². The molecule has 1 saturated heterocycles. The van der Waals surface area contributed by atoms with Crippen LogP contribution in [-0.2, 0) is 19.1 Å². The summed E-state index contributed by atoms with van der Waals surface area (Å²) in [4.78, 5) is 38.2. The first-order valence-corrected chi connectivity index (χ1v) is 9.01. The highest BCUT2D eigenvalue weighted by Crippen LogP contribution is 2.13. The second kappa shape index (κ2) is 9.75. The third kappa shape index (κ3) is 6.02. The maximum atomic E-state index is 12.5. The van der Waals surface area contributed by atoms with Crippen LogP contribution in [0, 0.1) is 0 Å². The van der Waals surface area contributed by atoms with Crippen molar-refractivity contribution in [2.75, 3.05) is 13.1 Å². The van der Waals surface area contributed by atoms with E-state index in [2.05, 4.69) is 5.32 Å². The zero-order valence-electron chi connectivity index (χ0n) is 15.4. The SMILES string of the molecule is CC(=O)N/C(=C\c1ccccc1)C(=O)O[C@@H](C)C(=O)N1CCCCCC1. The Kier molecular flexibility index (Phi) is 7.38. The zero-order chi connectivity index (χ0) is 18.9. The maximum Gasteiger partial charge on any atom is 0.355 e. The summed E-state index contributed by atoms with van der Waals surface area (Å²) in [6.45, 7) is 4.27. The minimum atomic E-state index is -0.895. The first-order valence-electron chi connectivity index (χ1n) is 9.01. The summed E-state index contributed by atoms with van der Waals surface area (Å²) in [5.74, 6) is -1.29. The lowest BCUT2D eigenvalue weighted by atomic mass is 10.2. The molecule has 2 rings (SSSR count). The Balaban J connectivity index is 2.06. The van der Waals surface area contributed by atoms with Crippen molar-refractivity contribution in [3.8, 4) is 0 Å². The smallest absolute Gasteiger partial charge is 0.355 e. The fraction of sp³-hybridized carbons (Fsp3) is 0.450. The molecule has 6 nitrogen and oxygen atoms in total. The molecule has 1 heterocycles. The van der Waals surface area contributed by atoms with Crippen molar-refractivity contribution in [2.24, 2.45) is 0 Å². The number of esters is 1. The second-order valence-corrected chi connectivity index (χ2v) is 6.44. The third-order valence-electron chi connectivity index (χ3n) is 4.19. The lowest BCUT2D eigenvalue weighted by Crippen LogP contribution is -2.41. The average Bonchev–Trinajstić information content (AvgIpc) is 2.90. The summed E-state index contributed by atoms with van der Waals surface area (Å²) in [5.41, 5.74) is 0.763. The van der Waals surface area contributed by atoms with E-state index < -0.39 is 12.1 Å². The molecule has 0 aliphatic carbocycles. The molecule has 0 bridgehead atoms. The summed E-state index contributed by atoms with van der Waals surface area (Å²) in [5, 5.41) is 2.48. The van der Waals surface area contributed by atoms with Crippen LogP contribution in [0.4, 0.5) is 0 Å². The van der Waals surface area contributed by atoms with Gasteiger partial charge in [0, 0.05) is 20.0 Å². The molecule has 0 saturated carbocycles. The Hall–Kier alpha value is -2.63. The maximum absolute atomic E-state index is 12.5. The molecule has 6 heteroatoms. The van der Waals surface area contributed by atoms with Crippen molar-refractivity contribution in [3.05, 3.63) is 41.6 Å². The molecule has 1 N–H and O–H groups in total. The number of amides is 2. The topological polar surface area (TPSA) is 75.7 Å². The summed E-state index contributed by atoms with van der Waals surface area (Å²) in [6.07, 6.45) is 4.81. The number of benzene rings is 1. The largest absolute Gasteiger partial charge is 0.448 e. The molecule has 1 aromatic carbocycles. The van der Waals surface area contributed by atoms with Gasteiger partial charge in [-0.1, -0.05) is 43.2 Å². The Morgan fingerprint density at radius 3 is 2.27 bits per heavy atom. The van der Waals surface area contributed by atoms with Gasteiger partial charge >= 0.3 is 5.97 Å². The van der Waals surface area contributed by atoms with Gasteiger partial charge in [-0.3, -0.25) is 9.59 Å². The number of rotatable bonds is 5. The van der Waals surface area contributed by atoms with E-state index in [4.69, 9.17) is 4.74 Å². The molecule has 1 atom stereocenters. The van der Waals surface area contributed by atoms with E-state index in [9.17, 15) is 14.4 Å². The molecular formula is C20H26N2O4. The van der Waals surface area contributed by atoms with E-state index in [0.717, 1.165) is 31.2 Å². The van der Waals surface area contributed by atoms with Crippen LogP contribution in [0.5, 0.6) is 0 Å². The Labute approximate surface area is 154 Å². The number of ether oxygens (including phenoxy) is 1. The van der Waals surface area contributed by atoms with E-state index in [0.29, 0.717) is 13.1 Å². The number of nitrogens with zero attached hydrogens (tertiary/aromatic N) is 1. The summed E-state index contributed by atoms with van der Waals surface area (Å²) >= 11 is 0. The van der Waals surface area contributed by atoms with Gasteiger partial charge in [-0.05, 0) is 31.4 Å². The lowest BCUT2D eigenvalue weighted by Gasteiger charge is -2.24. The first kappa shape index (κ1) is 19.7. The lowest BCUT2D eigenvalue weighted by molar-refractivity contribution is -0.156. The Bertz CT molecular complexity index is 662. The molecule has 0 aromatic heterocycles. The van der Waals surface area contributed by atoms with Gasteiger partial charge in [0.2, 0.25) is 5.91 Å². The molecule has 1 aliphatic heterocycles. The number of hydrogen-bond acceptors (Lipinski definition) is 4. The molecule has 140 valence electrons. The monoisotopic (exact) mass is 358 g/mol. The van der Waals surface area contributed by atoms with E-state index in [-0.39, 0.29) is 17.5 Å². The predicted octanol–water partition coefficient (Wildman–Crippen LogP) is 2.50. The van der Waals surface area contributed by atoms with Crippen molar-refractivity contribution < 1.29 is 19.1 Å². The number of hydrogen-bond donors (Lipinski definition) is 1. The quantitative estimate of drug-likeness (QED) is 0.648. The average molecular weight is 358 g/mol. The van der Waals surface area contributed by atoms with Gasteiger partial charge in [-0.15, -0.1) is 0 Å². The normalized spacial score (nSPS) is 16.4. The van der Waals surface area contributed by atoms with Crippen molar-refractivity contribution in [2.45, 2.75) is 45.6 Å². The van der Waals surface area contributed by atoms with Crippen LogP contribution in [0.1, 0.15) is 45.1 Å². The number of carbonyl (C=O) groups is 3. The van der Waals surface area contributed by atoms with E-state index in [1.165, 1.54) is 13.0 Å². The summed E-state index contributed by atoms with van der Waals surface area (Å²) in [6, 6.07) is 9.12. The van der Waals surface area contributed by atoms with Crippen LogP contribution in [-0.4, -0.2) is 41.9 Å². The first-order chi connectivity index (χ1) is 12.5. The van der Waals surface area contributed by atoms with Gasteiger partial charge in [0.05, 0.1) is 0 Å². The minimum Gasteiger partial charge on any atom is -0.448 e. The molecule has 1 fully saturated rings. The number of carbonyl (C=O) groups excluding carboxylic acids is 3. The molecule has 1 aliphatic rings. The van der Waals surface area contributed by atoms with Gasteiger partial charge in [-0.25, -0.2) is 4.79 Å². The van der Waals surface area contributed by atoms with Gasteiger partial charge in [0.15, 0.2) is 6.10 Å². The zero-order valence-corrected chi connectivity index (χ0v) is 15.4. The number of nitrogens with one attached hydrogen (secondary N) is 1. The highest BCUT2D eigenvalue weighted by atomic mass is 16.5. The van der Waals surface area contributed by atoms with Crippen LogP contribution < -0.4 is 5.32 Å². The predicted molar refractivity (Wildman–Crippen MR) is 98.8 cm³/mol. The molecule has 26 heavy (non-hydrogen) atoms. The second-order valence-electron chi connectivity index (χ2n) is 6.44. The van der Waals surface area contributed by atoms with Crippen molar-refractivity contribution in [1.82, 2.24) is 10.2 Å². The van der Waals surface area contributed by atoms with Gasteiger partial charge < -0.3 is 15.0 Å². The summed E-state index contributed by atoms with van der Waals surface area (Å²) in [7, 11) is 0. The molecule has 1 aromatic rings. The van der Waals surface area contributed by atoms with Crippen LogP contribution in [0.2, 0.25) is 0 Å². The molecular weight excluding hydrogens is 332 g/mol. The van der Waals surface area contributed by atoms with Crippen LogP contribution >= 0.6 is 0 Å². The van der Waals surface area contributed by atoms with Gasteiger partial charge in [0.1, 0.15) is 5.70 Å². The van der Waals surface area contributed by atoms with Crippen LogP contribution in [0.25, 0.3) is 6.08 Å². The van der Waals surface area contributed by atoms with Crippen molar-refractivity contribution in [3.63, 3.8) is 0 Å². The minimum absolute atomic E-state index is 0.0132. The van der Waals surface area contributed by atoms with Crippen molar-refractivity contribution in [1.29, 1.82) is 0 Å². The highest BCUT2D eigenvalue weighted by molar-refractivity contribution is 5.98. The molecule has 0 radical (unpaired) electrons. The van der Waals surface area contributed by atoms with Crippen LogP contribution in [0.3, 0.4) is 0 Å². The third-order valence-corrected chi connectivity index (χ3v) is 4.19. The van der Waals surface area contributed by atoms with E-state index in [1.54, 1.807) is 24.0 Å². The fourth-order valence-corrected chi connectivity index (χ4v) is 2.87. The highest BCUT2D eigenvalue weighted by Gasteiger charge is 2.26. The molecule has 2 amide bonds. The Morgan fingerprint density at radius 1 is 1.08 bits per heavy atom. The van der Waals surface area contributed by atoms with Gasteiger partial charge in [-0.2, -0.15) is 0 Å².